The highest BCUT2D eigenvalue weighted by Crippen LogP contribution is 2.29. The topological polar surface area (TPSA) is 38.9 Å². The Bertz CT molecular complexity index is 494. The molecule has 0 saturated carbocycles. The number of nitrogen functional groups attached to an aromatic ring is 1. The minimum atomic E-state index is -0.709. The first-order valence-electron chi connectivity index (χ1n) is 4.44. The maximum Gasteiger partial charge on any atom is 0.135 e. The molecule has 0 bridgehead atoms. The van der Waals surface area contributed by atoms with Crippen molar-refractivity contribution in [2.24, 2.45) is 0 Å². The smallest absolute Gasteiger partial charge is 0.135 e. The van der Waals surface area contributed by atoms with E-state index >= 15 is 0 Å². The van der Waals surface area contributed by atoms with Crippen LogP contribution in [0.3, 0.4) is 0 Å². The average Bonchev–Trinajstić information content (AvgIpc) is 2.19. The van der Waals surface area contributed by atoms with Crippen LogP contribution >= 0.6 is 11.6 Å². The van der Waals surface area contributed by atoms with Crippen molar-refractivity contribution in [1.29, 1.82) is 0 Å². The van der Waals surface area contributed by atoms with Gasteiger partial charge in [-0.2, -0.15) is 0 Å². The molecule has 2 rings (SSSR count). The minimum Gasteiger partial charge on any atom is -0.397 e. The zero-order valence-corrected chi connectivity index (χ0v) is 8.80. The van der Waals surface area contributed by atoms with Crippen LogP contribution in [0.5, 0.6) is 0 Å². The van der Waals surface area contributed by atoms with E-state index in [1.54, 1.807) is 0 Å². The van der Waals surface area contributed by atoms with Crippen LogP contribution in [0.15, 0.2) is 30.5 Å². The van der Waals surface area contributed by atoms with Crippen molar-refractivity contribution in [3.8, 4) is 11.3 Å². The highest BCUT2D eigenvalue weighted by atomic mass is 35.5. The predicted molar refractivity (Wildman–Crippen MR) is 59.0 cm³/mol. The van der Waals surface area contributed by atoms with Gasteiger partial charge in [-0.1, -0.05) is 11.6 Å². The molecule has 0 radical (unpaired) electrons. The number of halogens is 3. The van der Waals surface area contributed by atoms with E-state index in [0.717, 1.165) is 12.1 Å². The molecule has 1 aromatic carbocycles. The van der Waals surface area contributed by atoms with Gasteiger partial charge in [0.2, 0.25) is 0 Å². The quantitative estimate of drug-likeness (QED) is 0.831. The number of pyridine rings is 1. The van der Waals surface area contributed by atoms with Crippen LogP contribution in [-0.4, -0.2) is 4.98 Å². The van der Waals surface area contributed by atoms with Gasteiger partial charge in [-0.05, 0) is 18.2 Å². The van der Waals surface area contributed by atoms with Crippen molar-refractivity contribution in [2.45, 2.75) is 0 Å². The van der Waals surface area contributed by atoms with E-state index in [4.69, 9.17) is 17.3 Å². The molecular weight excluding hydrogens is 234 g/mol. The molecule has 5 heteroatoms. The Morgan fingerprint density at radius 2 is 1.94 bits per heavy atom. The molecule has 0 spiro atoms. The lowest BCUT2D eigenvalue weighted by atomic mass is 10.1. The lowest BCUT2D eigenvalue weighted by molar-refractivity contribution is 0.585. The molecule has 2 nitrogen and oxygen atoms in total. The molecule has 0 saturated heterocycles. The first-order valence-corrected chi connectivity index (χ1v) is 4.82. The number of hydrogen-bond donors (Lipinski definition) is 1. The summed E-state index contributed by atoms with van der Waals surface area (Å²) < 4.78 is 26.2. The summed E-state index contributed by atoms with van der Waals surface area (Å²) in [6, 6.07) is 4.68. The number of benzene rings is 1. The van der Waals surface area contributed by atoms with Gasteiger partial charge in [0, 0.05) is 11.6 Å². The Balaban J connectivity index is 2.59. The van der Waals surface area contributed by atoms with E-state index in [9.17, 15) is 8.78 Å². The Kier molecular flexibility index (Phi) is 2.75. The lowest BCUT2D eigenvalue weighted by Crippen LogP contribution is -1.93. The molecule has 0 atom stereocenters. The maximum absolute atomic E-state index is 13.4. The highest BCUT2D eigenvalue weighted by molar-refractivity contribution is 6.33. The van der Waals surface area contributed by atoms with Gasteiger partial charge >= 0.3 is 0 Å². The third kappa shape index (κ3) is 1.97. The van der Waals surface area contributed by atoms with Gasteiger partial charge in [-0.3, -0.25) is 4.98 Å². The number of nitrogens with two attached hydrogens (primary N) is 1. The fourth-order valence-corrected chi connectivity index (χ4v) is 1.61. The lowest BCUT2D eigenvalue weighted by Gasteiger charge is -2.05. The van der Waals surface area contributed by atoms with Crippen molar-refractivity contribution in [1.82, 2.24) is 4.98 Å². The molecule has 0 aliphatic carbocycles. The molecule has 0 fully saturated rings. The normalized spacial score (nSPS) is 10.4. The van der Waals surface area contributed by atoms with Crippen LogP contribution in [-0.2, 0) is 0 Å². The highest BCUT2D eigenvalue weighted by Gasteiger charge is 2.11. The van der Waals surface area contributed by atoms with Gasteiger partial charge in [0.25, 0.3) is 0 Å². The van der Waals surface area contributed by atoms with Gasteiger partial charge in [-0.25, -0.2) is 8.78 Å². The van der Waals surface area contributed by atoms with Gasteiger partial charge in [0.05, 0.1) is 22.6 Å². The van der Waals surface area contributed by atoms with Gasteiger partial charge in [0.1, 0.15) is 11.6 Å². The molecular formula is C11H7ClF2N2. The van der Waals surface area contributed by atoms with Crippen LogP contribution in [0.25, 0.3) is 11.3 Å². The summed E-state index contributed by atoms with van der Waals surface area (Å²) in [5.74, 6) is -1.35. The maximum atomic E-state index is 13.4. The van der Waals surface area contributed by atoms with Gasteiger partial charge in [0.15, 0.2) is 0 Å². The van der Waals surface area contributed by atoms with E-state index in [1.807, 2.05) is 0 Å². The Morgan fingerprint density at radius 1 is 1.19 bits per heavy atom. The monoisotopic (exact) mass is 240 g/mol. The Morgan fingerprint density at radius 3 is 2.56 bits per heavy atom. The number of anilines is 1. The first kappa shape index (κ1) is 10.8. The first-order chi connectivity index (χ1) is 7.58. The fraction of sp³-hybridized carbons (Fsp3) is 0. The third-order valence-electron chi connectivity index (χ3n) is 2.05. The number of hydrogen-bond acceptors (Lipinski definition) is 2. The summed E-state index contributed by atoms with van der Waals surface area (Å²) in [7, 11) is 0. The zero-order chi connectivity index (χ0) is 11.7. The van der Waals surface area contributed by atoms with Crippen LogP contribution in [0.2, 0.25) is 5.02 Å². The third-order valence-corrected chi connectivity index (χ3v) is 2.34. The van der Waals surface area contributed by atoms with Crippen molar-refractivity contribution >= 4 is 17.3 Å². The summed E-state index contributed by atoms with van der Waals surface area (Å²) in [4.78, 5) is 3.92. The van der Waals surface area contributed by atoms with Crippen LogP contribution < -0.4 is 5.73 Å². The Hall–Kier alpha value is -1.68. The zero-order valence-electron chi connectivity index (χ0n) is 8.05. The second-order valence-corrected chi connectivity index (χ2v) is 3.63. The second-order valence-electron chi connectivity index (χ2n) is 3.22. The van der Waals surface area contributed by atoms with E-state index in [-0.39, 0.29) is 16.3 Å². The summed E-state index contributed by atoms with van der Waals surface area (Å²) in [6.07, 6.45) is 1.37. The van der Waals surface area contributed by atoms with Crippen LogP contribution in [0, 0.1) is 11.6 Å². The second kappa shape index (κ2) is 4.06. The van der Waals surface area contributed by atoms with Gasteiger partial charge < -0.3 is 5.73 Å². The predicted octanol–water partition coefficient (Wildman–Crippen LogP) is 3.26. The van der Waals surface area contributed by atoms with Gasteiger partial charge in [-0.15, -0.1) is 0 Å². The Labute approximate surface area is 95.7 Å². The standard InChI is InChI=1S/C11H7ClF2N2/c12-9-4-7(15)5-16-11(9)8-2-1-6(13)3-10(8)14/h1-5H,15H2. The molecule has 0 aliphatic rings. The van der Waals surface area contributed by atoms with Crippen LogP contribution in [0.1, 0.15) is 0 Å². The van der Waals surface area contributed by atoms with Crippen molar-refractivity contribution in [2.75, 3.05) is 5.73 Å². The largest absolute Gasteiger partial charge is 0.397 e. The number of aromatic nitrogens is 1. The molecule has 2 N–H and O–H groups in total. The number of rotatable bonds is 1. The average molecular weight is 241 g/mol. The van der Waals surface area contributed by atoms with E-state index in [2.05, 4.69) is 4.98 Å². The van der Waals surface area contributed by atoms with Crippen molar-refractivity contribution < 1.29 is 8.78 Å². The summed E-state index contributed by atoms with van der Waals surface area (Å²) >= 11 is 5.87. The SMILES string of the molecule is Nc1cnc(-c2ccc(F)cc2F)c(Cl)c1. The van der Waals surface area contributed by atoms with E-state index in [1.165, 1.54) is 18.3 Å². The molecule has 1 heterocycles. The molecule has 0 aliphatic heterocycles. The van der Waals surface area contributed by atoms with Crippen molar-refractivity contribution in [3.05, 3.63) is 47.1 Å². The molecule has 1 aromatic heterocycles. The number of nitrogens with zero attached hydrogens (tertiary/aromatic N) is 1. The molecule has 2 aromatic rings. The van der Waals surface area contributed by atoms with E-state index in [0.29, 0.717) is 5.69 Å². The van der Waals surface area contributed by atoms with Crippen molar-refractivity contribution in [3.63, 3.8) is 0 Å². The summed E-state index contributed by atoms with van der Waals surface area (Å²) in [5.41, 5.74) is 6.24. The molecule has 16 heavy (non-hydrogen) atoms. The summed E-state index contributed by atoms with van der Waals surface area (Å²) in [5, 5.41) is 0.227. The van der Waals surface area contributed by atoms with E-state index < -0.39 is 11.6 Å². The minimum absolute atomic E-state index is 0.145. The summed E-state index contributed by atoms with van der Waals surface area (Å²) in [6.45, 7) is 0. The van der Waals surface area contributed by atoms with Crippen LogP contribution in [0.4, 0.5) is 14.5 Å². The molecule has 0 amide bonds. The molecule has 82 valence electrons. The fourth-order valence-electron chi connectivity index (χ4n) is 1.33. The molecule has 0 unspecified atom stereocenters.